The molecular formula is C24H23ClN4O2. The van der Waals surface area contributed by atoms with Crippen molar-refractivity contribution in [1.82, 2.24) is 20.5 Å². The molecule has 1 saturated carbocycles. The monoisotopic (exact) mass is 434 g/mol. The van der Waals surface area contributed by atoms with Crippen LogP contribution in [0.25, 0.3) is 21.7 Å². The third-order valence-electron chi connectivity index (χ3n) is 6.37. The minimum Gasteiger partial charge on any atom is -0.350 e. The molecule has 5 rings (SSSR count). The maximum atomic E-state index is 12.8. The Morgan fingerprint density at radius 2 is 1.81 bits per heavy atom. The van der Waals surface area contributed by atoms with Gasteiger partial charge in [-0.05, 0) is 56.4 Å². The highest BCUT2D eigenvalue weighted by molar-refractivity contribution is 6.35. The summed E-state index contributed by atoms with van der Waals surface area (Å²) in [5, 5.41) is 13.3. The van der Waals surface area contributed by atoms with Gasteiger partial charge < -0.3 is 10.3 Å². The quantitative estimate of drug-likeness (QED) is 0.431. The molecule has 1 amide bonds. The second kappa shape index (κ2) is 7.85. The van der Waals surface area contributed by atoms with Crippen LogP contribution >= 0.6 is 11.6 Å². The smallest absolute Gasteiger partial charge is 0.272 e. The Kier molecular flexibility index (Phi) is 5.02. The number of aromatic amines is 2. The summed E-state index contributed by atoms with van der Waals surface area (Å²) in [7, 11) is 0. The molecule has 7 heteroatoms. The lowest BCUT2D eigenvalue weighted by Gasteiger charge is -2.29. The molecule has 2 aromatic carbocycles. The van der Waals surface area contributed by atoms with Crippen molar-refractivity contribution in [2.75, 3.05) is 0 Å². The van der Waals surface area contributed by atoms with Gasteiger partial charge in [0.25, 0.3) is 11.5 Å². The van der Waals surface area contributed by atoms with Gasteiger partial charge in [0.15, 0.2) is 0 Å². The highest BCUT2D eigenvalue weighted by atomic mass is 35.5. The molecule has 6 nitrogen and oxygen atoms in total. The molecule has 1 aliphatic carbocycles. The Balaban J connectivity index is 1.29. The largest absolute Gasteiger partial charge is 0.350 e. The van der Waals surface area contributed by atoms with Gasteiger partial charge in [0.1, 0.15) is 5.69 Å². The molecule has 0 aliphatic heterocycles. The first-order valence-electron chi connectivity index (χ1n) is 10.6. The lowest BCUT2D eigenvalue weighted by Crippen LogP contribution is -2.37. The standard InChI is InChI=1S/C24H23ClN4O2/c1-13-6-11-19(25)18-12-20(27-21(13)18)24(31)26-15-9-7-14(8-10-15)22-16-4-2-3-5-17(16)23(30)29-28-22/h2-6,11-12,14-15,27H,7-10H2,1H3,(H,26,31)(H,29,30). The van der Waals surface area contributed by atoms with Crippen LogP contribution in [-0.4, -0.2) is 27.1 Å². The molecule has 0 bridgehead atoms. The number of nitrogens with one attached hydrogen (secondary N) is 3. The number of carbonyl (C=O) groups is 1. The number of H-pyrrole nitrogens is 2. The molecule has 0 spiro atoms. The number of hydrogen-bond acceptors (Lipinski definition) is 3. The zero-order chi connectivity index (χ0) is 21.5. The minimum absolute atomic E-state index is 0.109. The number of halogens is 1. The summed E-state index contributed by atoms with van der Waals surface area (Å²) in [6.45, 7) is 1.99. The van der Waals surface area contributed by atoms with Gasteiger partial charge in [-0.15, -0.1) is 0 Å². The zero-order valence-corrected chi connectivity index (χ0v) is 17.9. The Morgan fingerprint density at radius 3 is 2.55 bits per heavy atom. The molecule has 0 unspecified atom stereocenters. The van der Waals surface area contributed by atoms with E-state index in [1.807, 2.05) is 49.4 Å². The van der Waals surface area contributed by atoms with Crippen molar-refractivity contribution in [2.45, 2.75) is 44.6 Å². The Hall–Kier alpha value is -3.12. The number of aromatic nitrogens is 3. The molecule has 1 fully saturated rings. The Morgan fingerprint density at radius 1 is 1.06 bits per heavy atom. The van der Waals surface area contributed by atoms with Crippen LogP contribution in [-0.2, 0) is 0 Å². The van der Waals surface area contributed by atoms with Crippen molar-refractivity contribution in [2.24, 2.45) is 0 Å². The summed E-state index contributed by atoms with van der Waals surface area (Å²) in [4.78, 5) is 28.1. The maximum absolute atomic E-state index is 12.8. The lowest BCUT2D eigenvalue weighted by atomic mass is 9.82. The van der Waals surface area contributed by atoms with Crippen LogP contribution in [0.15, 0.2) is 47.3 Å². The molecule has 0 radical (unpaired) electrons. The van der Waals surface area contributed by atoms with Crippen molar-refractivity contribution in [3.8, 4) is 0 Å². The molecule has 1 aliphatic rings. The summed E-state index contributed by atoms with van der Waals surface area (Å²) >= 11 is 6.28. The molecular weight excluding hydrogens is 412 g/mol. The van der Waals surface area contributed by atoms with E-state index in [1.54, 1.807) is 0 Å². The number of fused-ring (bicyclic) bond motifs is 2. The highest BCUT2D eigenvalue weighted by Crippen LogP contribution is 2.34. The van der Waals surface area contributed by atoms with Crippen LogP contribution in [0.1, 0.15) is 53.3 Å². The van der Waals surface area contributed by atoms with E-state index in [1.165, 1.54) is 0 Å². The molecule has 3 N–H and O–H groups in total. The SMILES string of the molecule is Cc1ccc(Cl)c2cc(C(=O)NC3CCC(c4n[nH]c(=O)c5ccccc45)CC3)[nH]c12. The predicted octanol–water partition coefficient (Wildman–Crippen LogP) is 4.82. The van der Waals surface area contributed by atoms with E-state index in [4.69, 9.17) is 11.6 Å². The molecule has 4 aromatic rings. The van der Waals surface area contributed by atoms with Crippen molar-refractivity contribution < 1.29 is 4.79 Å². The van der Waals surface area contributed by atoms with Crippen LogP contribution in [0.4, 0.5) is 0 Å². The van der Waals surface area contributed by atoms with E-state index >= 15 is 0 Å². The third kappa shape index (κ3) is 3.61. The van der Waals surface area contributed by atoms with Gasteiger partial charge in [-0.3, -0.25) is 9.59 Å². The number of aryl methyl sites for hydroxylation is 1. The van der Waals surface area contributed by atoms with Crippen molar-refractivity contribution >= 4 is 39.2 Å². The van der Waals surface area contributed by atoms with E-state index in [2.05, 4.69) is 20.5 Å². The van der Waals surface area contributed by atoms with Gasteiger partial charge in [0.2, 0.25) is 0 Å². The lowest BCUT2D eigenvalue weighted by molar-refractivity contribution is 0.0921. The Bertz CT molecular complexity index is 1310. The van der Waals surface area contributed by atoms with E-state index in [9.17, 15) is 9.59 Å². The molecule has 158 valence electrons. The predicted molar refractivity (Wildman–Crippen MR) is 123 cm³/mol. The summed E-state index contributed by atoms with van der Waals surface area (Å²) in [6, 6.07) is 13.3. The fraction of sp³-hybridized carbons (Fsp3) is 0.292. The first-order chi connectivity index (χ1) is 15.0. The van der Waals surface area contributed by atoms with Crippen molar-refractivity contribution in [3.63, 3.8) is 0 Å². The third-order valence-corrected chi connectivity index (χ3v) is 6.70. The Labute approximate surface area is 184 Å². The molecule has 0 saturated heterocycles. The van der Waals surface area contributed by atoms with Gasteiger partial charge in [0.05, 0.1) is 16.6 Å². The number of amides is 1. The topological polar surface area (TPSA) is 90.6 Å². The normalized spacial score (nSPS) is 19.0. The second-order valence-electron chi connectivity index (χ2n) is 8.34. The van der Waals surface area contributed by atoms with E-state index in [0.717, 1.165) is 53.2 Å². The number of carbonyl (C=O) groups excluding carboxylic acids is 1. The minimum atomic E-state index is -0.158. The van der Waals surface area contributed by atoms with Crippen LogP contribution in [0.2, 0.25) is 5.02 Å². The fourth-order valence-electron chi connectivity index (χ4n) is 4.67. The number of nitrogens with zero attached hydrogens (tertiary/aromatic N) is 1. The van der Waals surface area contributed by atoms with E-state index < -0.39 is 0 Å². The van der Waals surface area contributed by atoms with Gasteiger partial charge in [0, 0.05) is 27.8 Å². The number of rotatable bonds is 3. The second-order valence-corrected chi connectivity index (χ2v) is 8.75. The first-order valence-corrected chi connectivity index (χ1v) is 10.9. The van der Waals surface area contributed by atoms with Gasteiger partial charge in [-0.1, -0.05) is 35.9 Å². The summed E-state index contributed by atoms with van der Waals surface area (Å²) < 4.78 is 0. The fourth-order valence-corrected chi connectivity index (χ4v) is 4.88. The van der Waals surface area contributed by atoms with E-state index in [0.29, 0.717) is 16.1 Å². The average molecular weight is 435 g/mol. The summed E-state index contributed by atoms with van der Waals surface area (Å²) in [5.74, 6) is 0.159. The van der Waals surface area contributed by atoms with Crippen LogP contribution in [0, 0.1) is 6.92 Å². The first kappa shape index (κ1) is 19.8. The highest BCUT2D eigenvalue weighted by Gasteiger charge is 2.26. The van der Waals surface area contributed by atoms with Gasteiger partial charge in [-0.25, -0.2) is 5.10 Å². The van der Waals surface area contributed by atoms with Gasteiger partial charge >= 0.3 is 0 Å². The molecule has 0 atom stereocenters. The van der Waals surface area contributed by atoms with Crippen LogP contribution < -0.4 is 10.9 Å². The van der Waals surface area contributed by atoms with Crippen molar-refractivity contribution in [3.05, 3.63) is 74.8 Å². The maximum Gasteiger partial charge on any atom is 0.272 e. The van der Waals surface area contributed by atoms with Crippen molar-refractivity contribution in [1.29, 1.82) is 0 Å². The average Bonchev–Trinajstić information content (AvgIpc) is 3.25. The molecule has 31 heavy (non-hydrogen) atoms. The number of benzene rings is 2. The summed E-state index contributed by atoms with van der Waals surface area (Å²) in [5.41, 5.74) is 3.27. The summed E-state index contributed by atoms with van der Waals surface area (Å²) in [6.07, 6.45) is 3.55. The molecule has 2 heterocycles. The number of hydrogen-bond donors (Lipinski definition) is 3. The van der Waals surface area contributed by atoms with Crippen LogP contribution in [0.5, 0.6) is 0 Å². The van der Waals surface area contributed by atoms with Gasteiger partial charge in [-0.2, -0.15) is 5.10 Å². The van der Waals surface area contributed by atoms with Crippen LogP contribution in [0.3, 0.4) is 0 Å². The zero-order valence-electron chi connectivity index (χ0n) is 17.2. The van der Waals surface area contributed by atoms with E-state index in [-0.39, 0.29) is 23.4 Å². The molecule has 2 aromatic heterocycles.